The van der Waals surface area contributed by atoms with Gasteiger partial charge in [-0.05, 0) is 114 Å². The van der Waals surface area contributed by atoms with Crippen LogP contribution in [0.5, 0.6) is 0 Å². The summed E-state index contributed by atoms with van der Waals surface area (Å²) < 4.78 is 0. The maximum atomic E-state index is 13.3. The van der Waals surface area contributed by atoms with Gasteiger partial charge in [-0.3, -0.25) is 4.79 Å². The van der Waals surface area contributed by atoms with Gasteiger partial charge in [-0.2, -0.15) is 5.26 Å². The van der Waals surface area contributed by atoms with Gasteiger partial charge in [-0.15, -0.1) is 0 Å². The van der Waals surface area contributed by atoms with Crippen LogP contribution in [0, 0.1) is 50.7 Å². The van der Waals surface area contributed by atoms with E-state index in [1.54, 1.807) is 0 Å². The number of hydrogen-bond donors (Lipinski definition) is 2. The Labute approximate surface area is 231 Å². The number of fused-ring (bicyclic) bond motifs is 7. The van der Waals surface area contributed by atoms with Crippen LogP contribution in [0.2, 0.25) is 0 Å². The molecule has 0 amide bonds. The number of Topliss-reactive ketones (excluding diaryl/α,β-unsaturated/α-hetero) is 1. The lowest BCUT2D eigenvalue weighted by Gasteiger charge is -2.71. The number of carbonyl (C=O) groups excluding carboxylic acids is 2. The topological polar surface area (TPSA) is 89.6 Å². The second kappa shape index (κ2) is 9.72. The van der Waals surface area contributed by atoms with Gasteiger partial charge in [0, 0.05) is 6.42 Å². The summed E-state index contributed by atoms with van der Waals surface area (Å²) in [5, 5.41) is 9.47. The van der Waals surface area contributed by atoms with Crippen molar-refractivity contribution in [1.29, 1.82) is 0 Å². The summed E-state index contributed by atoms with van der Waals surface area (Å²) in [6.07, 6.45) is 10.5. The first-order valence-corrected chi connectivity index (χ1v) is 15.4. The highest BCUT2D eigenvalue weighted by Gasteiger charge is 2.70. The van der Waals surface area contributed by atoms with Crippen LogP contribution in [-0.2, 0) is 14.5 Å². The quantitative estimate of drug-likeness (QED) is 0.282. The molecular weight excluding hydrogens is 474 g/mol. The summed E-state index contributed by atoms with van der Waals surface area (Å²) >= 11 is 0. The number of ketones is 1. The first-order valence-electron chi connectivity index (χ1n) is 15.4. The summed E-state index contributed by atoms with van der Waals surface area (Å²) in [5.41, 5.74) is 7.08. The highest BCUT2D eigenvalue weighted by molar-refractivity contribution is 6.05. The molecule has 5 aliphatic carbocycles. The Morgan fingerprint density at radius 2 is 1.53 bits per heavy atom. The van der Waals surface area contributed by atoms with E-state index in [-0.39, 0.29) is 34.9 Å². The molecule has 5 nitrogen and oxygen atoms in total. The van der Waals surface area contributed by atoms with Crippen molar-refractivity contribution in [3.63, 3.8) is 0 Å². The van der Waals surface area contributed by atoms with Crippen LogP contribution in [-0.4, -0.2) is 23.1 Å². The van der Waals surface area contributed by atoms with Crippen LogP contribution < -0.4 is 5.73 Å². The molecule has 5 heteroatoms. The van der Waals surface area contributed by atoms with E-state index < -0.39 is 11.4 Å². The third-order valence-electron chi connectivity index (χ3n) is 12.7. The van der Waals surface area contributed by atoms with Gasteiger partial charge in [-0.1, -0.05) is 68.7 Å². The van der Waals surface area contributed by atoms with E-state index in [1.807, 2.05) is 13.8 Å². The van der Waals surface area contributed by atoms with Gasteiger partial charge in [0.1, 0.15) is 5.41 Å². The van der Waals surface area contributed by atoms with E-state index >= 15 is 0 Å². The zero-order valence-electron chi connectivity index (χ0n) is 25.7. The van der Waals surface area contributed by atoms with Crippen LogP contribution >= 0.6 is 0 Å². The predicted octanol–water partition coefficient (Wildman–Crippen LogP) is 7.73. The molecule has 38 heavy (non-hydrogen) atoms. The molecule has 0 aromatic rings. The molecule has 0 saturated heterocycles. The van der Waals surface area contributed by atoms with Crippen molar-refractivity contribution < 1.29 is 19.7 Å². The van der Waals surface area contributed by atoms with Gasteiger partial charge in [0.15, 0.2) is 5.78 Å². The summed E-state index contributed by atoms with van der Waals surface area (Å²) in [6, 6.07) is 0.333. The molecule has 0 unspecified atom stereocenters. The lowest BCUT2D eigenvalue weighted by molar-refractivity contribution is -0.250. The van der Waals surface area contributed by atoms with Gasteiger partial charge in [0.25, 0.3) is 0 Å². The fourth-order valence-corrected chi connectivity index (χ4v) is 11.0. The summed E-state index contributed by atoms with van der Waals surface area (Å²) in [7, 11) is 0. The normalized spacial score (nSPS) is 43.5. The molecule has 216 valence electrons. The Kier molecular flexibility index (Phi) is 7.61. The molecular formula is C33H55NO4. The zero-order valence-corrected chi connectivity index (χ0v) is 25.7. The minimum atomic E-state index is -0.952. The number of allylic oxidation sites excluding steroid dienone is 1. The highest BCUT2D eigenvalue weighted by atomic mass is 17.1. The Bertz CT molecular complexity index is 994. The van der Waals surface area contributed by atoms with Crippen molar-refractivity contribution in [2.75, 3.05) is 0 Å². The third kappa shape index (κ3) is 4.07. The average molecular weight is 530 g/mol. The Hall–Kier alpha value is -1.20. The molecule has 0 aliphatic heterocycles. The molecule has 0 aromatic heterocycles. The van der Waals surface area contributed by atoms with E-state index in [0.717, 1.165) is 29.9 Å². The Balaban J connectivity index is 0.000000786. The van der Waals surface area contributed by atoms with Crippen LogP contribution in [0.3, 0.4) is 0 Å². The van der Waals surface area contributed by atoms with E-state index in [1.165, 1.54) is 38.5 Å². The third-order valence-corrected chi connectivity index (χ3v) is 12.7. The van der Waals surface area contributed by atoms with Crippen molar-refractivity contribution in [2.45, 2.75) is 133 Å². The summed E-state index contributed by atoms with van der Waals surface area (Å²) in [6.45, 7) is 20.7. The fraction of sp³-hybridized carbons (Fsp3) is 0.879. The van der Waals surface area contributed by atoms with Gasteiger partial charge in [0.05, 0.1) is 0 Å². The maximum absolute atomic E-state index is 13.3. The number of rotatable bonds is 2. The van der Waals surface area contributed by atoms with Crippen molar-refractivity contribution >= 4 is 11.8 Å². The predicted molar refractivity (Wildman–Crippen MR) is 152 cm³/mol. The molecule has 4 fully saturated rings. The molecule has 0 spiro atoms. The molecule has 7 atom stereocenters. The Morgan fingerprint density at radius 1 is 0.895 bits per heavy atom. The molecule has 5 aliphatic rings. The summed E-state index contributed by atoms with van der Waals surface area (Å²) in [5.74, 6) is 1.23. The average Bonchev–Trinajstić information content (AvgIpc) is 3.11. The smallest absolute Gasteiger partial charge is 0.328 e. The Morgan fingerprint density at radius 3 is 2.11 bits per heavy atom. The van der Waals surface area contributed by atoms with Crippen molar-refractivity contribution in [2.24, 2.45) is 56.5 Å². The maximum Gasteiger partial charge on any atom is 0.352 e. The second-order valence-corrected chi connectivity index (χ2v) is 15.7. The lowest BCUT2D eigenvalue weighted by atomic mass is 9.33. The van der Waals surface area contributed by atoms with E-state index in [4.69, 9.17) is 5.73 Å². The van der Waals surface area contributed by atoms with Crippen LogP contribution in [0.15, 0.2) is 11.1 Å². The van der Waals surface area contributed by atoms with E-state index in [2.05, 4.69) is 53.4 Å². The van der Waals surface area contributed by atoms with Gasteiger partial charge >= 0.3 is 5.97 Å². The largest absolute Gasteiger partial charge is 0.352 e. The van der Waals surface area contributed by atoms with E-state index in [0.29, 0.717) is 29.2 Å². The molecule has 0 bridgehead atoms. The van der Waals surface area contributed by atoms with Gasteiger partial charge < -0.3 is 10.6 Å². The first kappa shape index (κ1) is 29.8. The van der Waals surface area contributed by atoms with Crippen molar-refractivity contribution in [3.05, 3.63) is 11.1 Å². The van der Waals surface area contributed by atoms with Crippen LogP contribution in [0.4, 0.5) is 0 Å². The molecule has 0 heterocycles. The van der Waals surface area contributed by atoms with Gasteiger partial charge in [-0.25, -0.2) is 4.79 Å². The SMILES string of the molecule is CC(C)C1=C2[C@H]3CC[C@@H]4[C@@]5(C)CCCC(C)(C)[C@@H]5CC[C@@]4(C)[C@]3(C)CC[C@@]2(C(=O)OO)CC1=O.CC(C)N. The molecule has 0 aromatic carbocycles. The minimum absolute atomic E-state index is 0.0464. The van der Waals surface area contributed by atoms with Crippen molar-refractivity contribution in [1.82, 2.24) is 0 Å². The number of hydrogen-bond acceptors (Lipinski definition) is 5. The standard InChI is InChI=1S/C30H46O4.C3H9N/c1-18(2)23-20(31)17-30(25(32)34-33)16-15-28(6)19(24(23)30)9-10-22-27(5)13-8-12-26(3,4)21(27)11-14-29(22,28)7;1-3(2)4/h18-19,21-22,33H,8-17H2,1-7H3;3H,4H2,1-2H3/t19-,21+,22-,27+,28-,29-,30-;/m1./s1. The number of nitrogens with two attached hydrogens (primary N) is 1. The van der Waals surface area contributed by atoms with Gasteiger partial charge in [0.2, 0.25) is 0 Å². The second-order valence-electron chi connectivity index (χ2n) is 15.7. The lowest BCUT2D eigenvalue weighted by Crippen LogP contribution is -2.64. The number of carbonyl (C=O) groups is 2. The summed E-state index contributed by atoms with van der Waals surface area (Å²) in [4.78, 5) is 30.8. The van der Waals surface area contributed by atoms with Crippen LogP contribution in [0.1, 0.15) is 127 Å². The fourth-order valence-electron chi connectivity index (χ4n) is 11.0. The van der Waals surface area contributed by atoms with E-state index in [9.17, 15) is 14.8 Å². The zero-order chi connectivity index (χ0) is 28.5. The molecule has 4 saturated carbocycles. The van der Waals surface area contributed by atoms with Crippen LogP contribution in [0.25, 0.3) is 0 Å². The minimum Gasteiger partial charge on any atom is -0.328 e. The molecule has 0 radical (unpaired) electrons. The van der Waals surface area contributed by atoms with Crippen molar-refractivity contribution in [3.8, 4) is 0 Å². The highest BCUT2D eigenvalue weighted by Crippen LogP contribution is 2.76. The molecule has 5 rings (SSSR count). The molecule has 3 N–H and O–H groups in total. The monoisotopic (exact) mass is 529 g/mol. The first-order chi connectivity index (χ1) is 17.5.